The van der Waals surface area contributed by atoms with Crippen molar-refractivity contribution < 1.29 is 27.8 Å². The van der Waals surface area contributed by atoms with Crippen LogP contribution in [0.4, 0.5) is 14.5 Å². The number of Topliss-reactive ketones (excluding diaryl/α,β-unsaturated/α-hetero) is 1. The van der Waals surface area contributed by atoms with E-state index in [-0.39, 0.29) is 45.5 Å². The second-order valence-corrected chi connectivity index (χ2v) is 8.98. The van der Waals surface area contributed by atoms with Crippen LogP contribution in [-0.4, -0.2) is 33.3 Å². The quantitative estimate of drug-likeness (QED) is 0.259. The van der Waals surface area contributed by atoms with Crippen molar-refractivity contribution in [1.82, 2.24) is 14.5 Å². The standard InChI is InChI=1S/C30H22F2N4O5/c1-16-22(17(2)37)14-23(30(39)36(16)20-7-4-18(31)5-8-20)29(38)35-19-6-9-26(24(32)12-19)41-27-10-11-33-25-13-21(40-3)15-34-28(25)27/h4-15H,1-3H3,(H,35,38). The summed E-state index contributed by atoms with van der Waals surface area (Å²) >= 11 is 0. The molecule has 0 saturated heterocycles. The van der Waals surface area contributed by atoms with Crippen LogP contribution in [0.3, 0.4) is 0 Å². The highest BCUT2D eigenvalue weighted by Crippen LogP contribution is 2.31. The van der Waals surface area contributed by atoms with Gasteiger partial charge in [-0.05, 0) is 56.3 Å². The highest BCUT2D eigenvalue weighted by atomic mass is 19.1. The number of benzene rings is 2. The van der Waals surface area contributed by atoms with E-state index < -0.39 is 23.1 Å². The van der Waals surface area contributed by atoms with Crippen molar-refractivity contribution in [2.24, 2.45) is 0 Å². The fourth-order valence-corrected chi connectivity index (χ4v) is 4.28. The molecule has 0 aliphatic heterocycles. The molecule has 1 amide bonds. The van der Waals surface area contributed by atoms with Gasteiger partial charge in [-0.2, -0.15) is 0 Å². The molecule has 0 aliphatic carbocycles. The van der Waals surface area contributed by atoms with Gasteiger partial charge in [0.15, 0.2) is 23.1 Å². The van der Waals surface area contributed by atoms with Gasteiger partial charge in [0, 0.05) is 47.0 Å². The number of fused-ring (bicyclic) bond motifs is 1. The lowest BCUT2D eigenvalue weighted by Gasteiger charge is -2.16. The molecule has 0 atom stereocenters. The third-order valence-electron chi connectivity index (χ3n) is 6.32. The molecule has 3 heterocycles. The molecule has 1 N–H and O–H groups in total. The topological polar surface area (TPSA) is 112 Å². The molecule has 41 heavy (non-hydrogen) atoms. The second kappa shape index (κ2) is 11.0. The number of halogens is 2. The van der Waals surface area contributed by atoms with E-state index in [0.29, 0.717) is 16.8 Å². The first-order chi connectivity index (χ1) is 19.7. The Hall–Kier alpha value is -5.45. The molecule has 0 unspecified atom stereocenters. The Morgan fingerprint density at radius 2 is 1.68 bits per heavy atom. The number of carbonyl (C=O) groups is 2. The molecular formula is C30H22F2N4O5. The van der Waals surface area contributed by atoms with Gasteiger partial charge in [-0.3, -0.25) is 23.9 Å². The summed E-state index contributed by atoms with van der Waals surface area (Å²) in [5.41, 5.74) is 0.527. The van der Waals surface area contributed by atoms with Crippen LogP contribution in [0.5, 0.6) is 17.2 Å². The smallest absolute Gasteiger partial charge is 0.268 e. The van der Waals surface area contributed by atoms with Crippen molar-refractivity contribution >= 4 is 28.4 Å². The average molecular weight is 557 g/mol. The van der Waals surface area contributed by atoms with E-state index in [9.17, 15) is 18.8 Å². The van der Waals surface area contributed by atoms with E-state index in [4.69, 9.17) is 9.47 Å². The number of carbonyl (C=O) groups excluding carboxylic acids is 2. The Kier molecular flexibility index (Phi) is 7.26. The van der Waals surface area contributed by atoms with Crippen LogP contribution in [0.2, 0.25) is 0 Å². The SMILES string of the molecule is COc1cnc2c(Oc3ccc(NC(=O)c4cc(C(C)=O)c(C)n(-c5ccc(F)cc5)c4=O)cc3F)ccnc2c1. The number of anilines is 1. The Bertz CT molecular complexity index is 1890. The van der Waals surface area contributed by atoms with E-state index >= 15 is 4.39 Å². The van der Waals surface area contributed by atoms with Gasteiger partial charge in [-0.15, -0.1) is 0 Å². The van der Waals surface area contributed by atoms with Gasteiger partial charge in [0.05, 0.1) is 18.8 Å². The summed E-state index contributed by atoms with van der Waals surface area (Å²) in [5.74, 6) is -1.92. The van der Waals surface area contributed by atoms with E-state index in [0.717, 1.165) is 22.8 Å². The van der Waals surface area contributed by atoms with Crippen LogP contribution in [0.25, 0.3) is 16.7 Å². The minimum absolute atomic E-state index is 0.0416. The van der Waals surface area contributed by atoms with Gasteiger partial charge in [-0.1, -0.05) is 0 Å². The van der Waals surface area contributed by atoms with Crippen molar-refractivity contribution in [3.8, 4) is 22.9 Å². The third-order valence-corrected chi connectivity index (χ3v) is 6.32. The summed E-state index contributed by atoms with van der Waals surface area (Å²) in [5, 5.41) is 2.49. The predicted octanol–water partition coefficient (Wildman–Crippen LogP) is 5.62. The van der Waals surface area contributed by atoms with E-state index in [2.05, 4.69) is 15.3 Å². The zero-order valence-electron chi connectivity index (χ0n) is 22.1. The van der Waals surface area contributed by atoms with Crippen LogP contribution in [0.1, 0.15) is 33.3 Å². The largest absolute Gasteiger partial charge is 0.495 e. The molecule has 0 bridgehead atoms. The Morgan fingerprint density at radius 3 is 2.37 bits per heavy atom. The molecule has 0 saturated carbocycles. The zero-order chi connectivity index (χ0) is 29.3. The Balaban J connectivity index is 1.44. The lowest BCUT2D eigenvalue weighted by atomic mass is 10.1. The Morgan fingerprint density at radius 1 is 0.927 bits per heavy atom. The molecule has 206 valence electrons. The maximum atomic E-state index is 15.1. The van der Waals surface area contributed by atoms with Crippen LogP contribution in [-0.2, 0) is 0 Å². The number of ketones is 1. The summed E-state index contributed by atoms with van der Waals surface area (Å²) in [7, 11) is 1.50. The average Bonchev–Trinajstić information content (AvgIpc) is 2.95. The number of hydrogen-bond donors (Lipinski definition) is 1. The second-order valence-electron chi connectivity index (χ2n) is 8.98. The first-order valence-electron chi connectivity index (χ1n) is 12.3. The highest BCUT2D eigenvalue weighted by Gasteiger charge is 2.21. The number of nitrogens with zero attached hydrogens (tertiary/aromatic N) is 3. The van der Waals surface area contributed by atoms with Crippen LogP contribution in [0, 0.1) is 18.6 Å². The molecule has 11 heteroatoms. The van der Waals surface area contributed by atoms with E-state index in [1.165, 1.54) is 62.8 Å². The number of methoxy groups -OCH3 is 1. The van der Waals surface area contributed by atoms with Crippen molar-refractivity contribution in [2.45, 2.75) is 13.8 Å². The highest BCUT2D eigenvalue weighted by molar-refractivity contribution is 6.06. The maximum absolute atomic E-state index is 15.1. The number of amides is 1. The van der Waals surface area contributed by atoms with Crippen LogP contribution < -0.4 is 20.3 Å². The summed E-state index contributed by atoms with van der Waals surface area (Å²) in [4.78, 5) is 47.3. The van der Waals surface area contributed by atoms with Crippen LogP contribution in [0.15, 0.2) is 77.9 Å². The number of nitrogens with one attached hydrogen (secondary N) is 1. The molecule has 5 rings (SSSR count). The van der Waals surface area contributed by atoms with Gasteiger partial charge < -0.3 is 14.8 Å². The number of pyridine rings is 3. The first kappa shape index (κ1) is 27.1. The predicted molar refractivity (Wildman–Crippen MR) is 147 cm³/mol. The van der Waals surface area contributed by atoms with Gasteiger partial charge in [0.25, 0.3) is 11.5 Å². The Labute approximate surface area is 232 Å². The number of ether oxygens (including phenoxy) is 2. The molecule has 0 fully saturated rings. The summed E-state index contributed by atoms with van der Waals surface area (Å²) < 4.78 is 40.6. The van der Waals surface area contributed by atoms with Crippen molar-refractivity contribution in [2.75, 3.05) is 12.4 Å². The summed E-state index contributed by atoms with van der Waals surface area (Å²) in [6, 6.07) is 13.2. The number of aromatic nitrogens is 3. The fraction of sp³-hybridized carbons (Fsp3) is 0.100. The van der Waals surface area contributed by atoms with Crippen molar-refractivity contribution in [3.63, 3.8) is 0 Å². The molecule has 0 radical (unpaired) electrons. The van der Waals surface area contributed by atoms with Gasteiger partial charge >= 0.3 is 0 Å². The van der Waals surface area contributed by atoms with Gasteiger partial charge in [-0.25, -0.2) is 13.8 Å². The van der Waals surface area contributed by atoms with Crippen molar-refractivity contribution in [1.29, 1.82) is 0 Å². The minimum Gasteiger partial charge on any atom is -0.495 e. The first-order valence-corrected chi connectivity index (χ1v) is 12.3. The zero-order valence-corrected chi connectivity index (χ0v) is 22.1. The van der Waals surface area contributed by atoms with Crippen LogP contribution >= 0.6 is 0 Å². The molecule has 2 aromatic carbocycles. The normalized spacial score (nSPS) is 10.9. The fourth-order valence-electron chi connectivity index (χ4n) is 4.28. The molecule has 0 aliphatic rings. The molecule has 0 spiro atoms. The molecule has 5 aromatic rings. The van der Waals surface area contributed by atoms with E-state index in [1.807, 2.05) is 0 Å². The minimum atomic E-state index is -0.861. The third kappa shape index (κ3) is 5.37. The van der Waals surface area contributed by atoms with E-state index in [1.54, 1.807) is 13.0 Å². The number of rotatable bonds is 7. The van der Waals surface area contributed by atoms with Gasteiger partial charge in [0.1, 0.15) is 22.6 Å². The lowest BCUT2D eigenvalue weighted by molar-refractivity contribution is 0.101. The molecule has 9 nitrogen and oxygen atoms in total. The lowest BCUT2D eigenvalue weighted by Crippen LogP contribution is -2.31. The monoisotopic (exact) mass is 556 g/mol. The number of hydrogen-bond acceptors (Lipinski definition) is 7. The molecular weight excluding hydrogens is 534 g/mol. The van der Waals surface area contributed by atoms with Crippen molar-refractivity contribution in [3.05, 3.63) is 112 Å². The maximum Gasteiger partial charge on any atom is 0.268 e. The summed E-state index contributed by atoms with van der Waals surface area (Å²) in [6.07, 6.45) is 2.97. The summed E-state index contributed by atoms with van der Waals surface area (Å²) in [6.45, 7) is 2.85. The van der Waals surface area contributed by atoms with Gasteiger partial charge in [0.2, 0.25) is 0 Å². The molecule has 3 aromatic heterocycles.